The Bertz CT molecular complexity index is 762. The van der Waals surface area contributed by atoms with Gasteiger partial charge in [-0.15, -0.1) is 0 Å². The minimum Gasteiger partial charge on any atom is -0.375 e. The molecule has 0 aliphatic rings. The molecule has 1 atom stereocenters. The number of hydrogen-bond acceptors (Lipinski definition) is 5. The highest BCUT2D eigenvalue weighted by molar-refractivity contribution is 7.84. The lowest BCUT2D eigenvalue weighted by Crippen LogP contribution is -2.42. The van der Waals surface area contributed by atoms with E-state index in [1.165, 1.54) is 19.2 Å². The van der Waals surface area contributed by atoms with E-state index in [0.717, 1.165) is 0 Å². The number of nitrogens with one attached hydrogen (secondary N) is 1. The number of rotatable bonds is 7. The molecule has 2 aromatic carbocycles. The van der Waals surface area contributed by atoms with Crippen molar-refractivity contribution in [3.63, 3.8) is 0 Å². The molecule has 122 valence electrons. The van der Waals surface area contributed by atoms with Crippen molar-refractivity contribution in [1.82, 2.24) is 4.72 Å². The van der Waals surface area contributed by atoms with Gasteiger partial charge in [-0.25, -0.2) is 0 Å². The van der Waals surface area contributed by atoms with Crippen LogP contribution in [0, 0.1) is 0 Å². The van der Waals surface area contributed by atoms with Crippen LogP contribution in [0.1, 0.15) is 15.9 Å². The number of Topliss-reactive ketones (excluding diaryl/α,β-unsaturated/α-hetero) is 1. The zero-order chi connectivity index (χ0) is 16.9. The summed E-state index contributed by atoms with van der Waals surface area (Å²) in [6, 6.07) is 16.2. The van der Waals surface area contributed by atoms with Crippen molar-refractivity contribution in [2.24, 2.45) is 0 Å². The molecule has 0 aliphatic carbocycles. The van der Waals surface area contributed by atoms with Crippen molar-refractivity contribution in [3.8, 4) is 0 Å². The Morgan fingerprint density at radius 3 is 2.13 bits per heavy atom. The summed E-state index contributed by atoms with van der Waals surface area (Å²) >= 11 is 0. The summed E-state index contributed by atoms with van der Waals surface area (Å²) in [5.74, 6) is -0.643. The van der Waals surface area contributed by atoms with Crippen LogP contribution in [0.2, 0.25) is 0 Å². The molecule has 0 heterocycles. The van der Waals surface area contributed by atoms with Crippen LogP contribution in [0.25, 0.3) is 0 Å². The van der Waals surface area contributed by atoms with E-state index in [2.05, 4.69) is 0 Å². The first-order valence-electron chi connectivity index (χ1n) is 6.85. The van der Waals surface area contributed by atoms with Crippen LogP contribution in [0.3, 0.4) is 0 Å². The van der Waals surface area contributed by atoms with Crippen LogP contribution in [-0.4, -0.2) is 33.0 Å². The minimum atomic E-state index is -4.04. The van der Waals surface area contributed by atoms with Gasteiger partial charge in [-0.2, -0.15) is 13.1 Å². The van der Waals surface area contributed by atoms with Gasteiger partial charge in [0.1, 0.15) is 6.61 Å². The van der Waals surface area contributed by atoms with E-state index in [1.54, 1.807) is 48.5 Å². The average Bonchev–Trinajstić information content (AvgIpc) is 2.60. The van der Waals surface area contributed by atoms with Crippen LogP contribution in [0.15, 0.2) is 60.7 Å². The van der Waals surface area contributed by atoms with Gasteiger partial charge < -0.3 is 5.11 Å². The maximum Gasteiger partial charge on any atom is 0.335 e. The van der Waals surface area contributed by atoms with Gasteiger partial charge in [0, 0.05) is 12.6 Å². The SMILES string of the molecule is CNS(=O)(=O)OCC(O)(C(=O)c1ccccc1)c1ccccc1. The minimum absolute atomic E-state index is 0.250. The van der Waals surface area contributed by atoms with Gasteiger partial charge in [-0.1, -0.05) is 60.7 Å². The molecule has 2 N–H and O–H groups in total. The number of carbonyl (C=O) groups excluding carboxylic acids is 1. The molecular formula is C16H17NO5S. The maximum atomic E-state index is 12.7. The third-order valence-corrected chi connectivity index (χ3v) is 4.26. The summed E-state index contributed by atoms with van der Waals surface area (Å²) in [6.45, 7) is -0.728. The second-order valence-electron chi connectivity index (χ2n) is 4.84. The van der Waals surface area contributed by atoms with E-state index < -0.39 is 28.3 Å². The van der Waals surface area contributed by atoms with Gasteiger partial charge in [-0.05, 0) is 5.56 Å². The first-order chi connectivity index (χ1) is 10.9. The van der Waals surface area contributed by atoms with Gasteiger partial charge in [0.25, 0.3) is 0 Å². The molecule has 0 amide bonds. The molecule has 2 rings (SSSR count). The Labute approximate surface area is 135 Å². The highest BCUT2D eigenvalue weighted by Crippen LogP contribution is 2.27. The van der Waals surface area contributed by atoms with Crippen molar-refractivity contribution >= 4 is 16.1 Å². The third-order valence-electron chi connectivity index (χ3n) is 3.34. The van der Waals surface area contributed by atoms with E-state index in [-0.39, 0.29) is 11.1 Å². The van der Waals surface area contributed by atoms with E-state index >= 15 is 0 Å². The summed E-state index contributed by atoms with van der Waals surface area (Å²) in [4.78, 5) is 12.7. The molecule has 0 fully saturated rings. The molecule has 0 bridgehead atoms. The Hall–Kier alpha value is -2.06. The van der Waals surface area contributed by atoms with Gasteiger partial charge in [0.15, 0.2) is 5.60 Å². The first kappa shape index (κ1) is 17.3. The molecule has 0 aromatic heterocycles. The fraction of sp³-hybridized carbons (Fsp3) is 0.188. The summed E-state index contributed by atoms with van der Waals surface area (Å²) in [6.07, 6.45) is 0. The van der Waals surface area contributed by atoms with Gasteiger partial charge in [0.05, 0.1) is 0 Å². The quantitative estimate of drug-likeness (QED) is 0.743. The summed E-state index contributed by atoms with van der Waals surface area (Å²) < 4.78 is 29.7. The molecule has 0 saturated heterocycles. The molecule has 2 aromatic rings. The standard InChI is InChI=1S/C16H17NO5S/c1-17-23(20,21)22-12-16(19,14-10-6-3-7-11-14)15(18)13-8-4-2-5-9-13/h2-11,17,19H,12H2,1H3. The lowest BCUT2D eigenvalue weighted by Gasteiger charge is -2.26. The molecule has 0 aliphatic heterocycles. The van der Waals surface area contributed by atoms with E-state index in [4.69, 9.17) is 4.18 Å². The van der Waals surface area contributed by atoms with Crippen LogP contribution in [0.4, 0.5) is 0 Å². The molecule has 0 spiro atoms. The predicted octanol–water partition coefficient (Wildman–Crippen LogP) is 1.24. The number of ketones is 1. The summed E-state index contributed by atoms with van der Waals surface area (Å²) in [5, 5.41) is 10.9. The molecule has 23 heavy (non-hydrogen) atoms. The van der Waals surface area contributed by atoms with Crippen molar-refractivity contribution in [2.45, 2.75) is 5.60 Å². The number of hydrogen-bond donors (Lipinski definition) is 2. The van der Waals surface area contributed by atoms with Crippen LogP contribution in [0.5, 0.6) is 0 Å². The van der Waals surface area contributed by atoms with Gasteiger partial charge in [0.2, 0.25) is 5.78 Å². The van der Waals surface area contributed by atoms with Crippen molar-refractivity contribution < 1.29 is 22.5 Å². The van der Waals surface area contributed by atoms with Crippen molar-refractivity contribution in [3.05, 3.63) is 71.8 Å². The Morgan fingerprint density at radius 2 is 1.61 bits per heavy atom. The number of benzene rings is 2. The van der Waals surface area contributed by atoms with E-state index in [1.807, 2.05) is 4.72 Å². The lowest BCUT2D eigenvalue weighted by molar-refractivity contribution is 0.00382. The van der Waals surface area contributed by atoms with Gasteiger partial charge in [-0.3, -0.25) is 8.98 Å². The second-order valence-corrected chi connectivity index (χ2v) is 6.39. The molecule has 0 radical (unpaired) electrons. The topological polar surface area (TPSA) is 92.7 Å². The molecular weight excluding hydrogens is 318 g/mol. The van der Waals surface area contributed by atoms with Gasteiger partial charge >= 0.3 is 10.3 Å². The van der Waals surface area contributed by atoms with E-state index in [9.17, 15) is 18.3 Å². The van der Waals surface area contributed by atoms with E-state index in [0.29, 0.717) is 0 Å². The summed E-state index contributed by atoms with van der Waals surface area (Å²) in [5.41, 5.74) is -1.61. The Balaban J connectivity index is 2.41. The smallest absolute Gasteiger partial charge is 0.335 e. The lowest BCUT2D eigenvalue weighted by atomic mass is 9.86. The zero-order valence-electron chi connectivity index (χ0n) is 12.5. The molecule has 0 saturated carbocycles. The fourth-order valence-electron chi connectivity index (χ4n) is 2.04. The second kappa shape index (κ2) is 7.01. The average molecular weight is 335 g/mol. The monoisotopic (exact) mass is 335 g/mol. The zero-order valence-corrected chi connectivity index (χ0v) is 13.3. The Morgan fingerprint density at radius 1 is 1.09 bits per heavy atom. The van der Waals surface area contributed by atoms with Crippen molar-refractivity contribution in [1.29, 1.82) is 0 Å². The van der Waals surface area contributed by atoms with Crippen LogP contribution < -0.4 is 4.72 Å². The fourth-order valence-corrected chi connectivity index (χ4v) is 2.49. The first-order valence-corrected chi connectivity index (χ1v) is 8.25. The highest BCUT2D eigenvalue weighted by atomic mass is 32.2. The van der Waals surface area contributed by atoms with Crippen molar-refractivity contribution in [2.75, 3.05) is 13.7 Å². The third kappa shape index (κ3) is 4.02. The number of aliphatic hydroxyl groups is 1. The highest BCUT2D eigenvalue weighted by Gasteiger charge is 2.40. The van der Waals surface area contributed by atoms with Crippen LogP contribution in [-0.2, 0) is 20.1 Å². The van der Waals surface area contributed by atoms with Crippen LogP contribution >= 0.6 is 0 Å². The predicted molar refractivity (Wildman–Crippen MR) is 85.0 cm³/mol. The summed E-state index contributed by atoms with van der Waals surface area (Å²) in [7, 11) is -2.86. The molecule has 7 heteroatoms. The maximum absolute atomic E-state index is 12.7. The Kier molecular flexibility index (Phi) is 5.27. The normalized spacial score (nSPS) is 14.2. The largest absolute Gasteiger partial charge is 0.375 e. The number of carbonyl (C=O) groups is 1. The molecule has 6 nitrogen and oxygen atoms in total. The molecule has 1 unspecified atom stereocenters.